The molecule has 0 aromatic heterocycles. The Morgan fingerprint density at radius 1 is 1.00 bits per heavy atom. The summed E-state index contributed by atoms with van der Waals surface area (Å²) in [6, 6.07) is 13.8. The number of piperazine rings is 1. The van der Waals surface area contributed by atoms with Crippen LogP contribution in [0.2, 0.25) is 0 Å². The Balaban J connectivity index is 1.33. The molecule has 0 radical (unpaired) electrons. The van der Waals surface area contributed by atoms with E-state index in [-0.39, 0.29) is 12.4 Å². The molecule has 160 valence electrons. The first-order valence-electron chi connectivity index (χ1n) is 9.97. The molecule has 30 heavy (non-hydrogen) atoms. The van der Waals surface area contributed by atoms with E-state index in [2.05, 4.69) is 20.4 Å². The molecule has 8 heteroatoms. The molecule has 0 unspecified atom stereocenters. The van der Waals surface area contributed by atoms with Crippen LogP contribution in [0.1, 0.15) is 5.56 Å². The molecule has 2 aromatic rings. The van der Waals surface area contributed by atoms with Crippen molar-refractivity contribution in [3.8, 4) is 5.75 Å². The number of rotatable bonds is 7. The first-order valence-corrected chi connectivity index (χ1v) is 9.97. The highest BCUT2D eigenvalue weighted by molar-refractivity contribution is 6.35. The number of amides is 2. The van der Waals surface area contributed by atoms with Crippen molar-refractivity contribution in [3.63, 3.8) is 0 Å². The lowest BCUT2D eigenvalue weighted by atomic mass is 10.2. The largest absolute Gasteiger partial charge is 0.497 e. The number of nitrogens with one attached hydrogen (secondary N) is 2. The van der Waals surface area contributed by atoms with Gasteiger partial charge in [0.25, 0.3) is 0 Å². The van der Waals surface area contributed by atoms with Gasteiger partial charge in [-0.2, -0.15) is 0 Å². The average molecular weight is 414 g/mol. The van der Waals surface area contributed by atoms with Crippen LogP contribution in [0, 0.1) is 5.82 Å². The molecule has 1 aliphatic rings. The summed E-state index contributed by atoms with van der Waals surface area (Å²) in [5, 5.41) is 5.28. The van der Waals surface area contributed by atoms with Crippen molar-refractivity contribution >= 4 is 17.5 Å². The van der Waals surface area contributed by atoms with Gasteiger partial charge in [0.05, 0.1) is 7.11 Å². The van der Waals surface area contributed by atoms with Crippen molar-refractivity contribution in [1.82, 2.24) is 15.5 Å². The maximum atomic E-state index is 13.0. The molecule has 0 bridgehead atoms. The first-order chi connectivity index (χ1) is 14.5. The third-order valence-electron chi connectivity index (χ3n) is 5.07. The molecule has 1 aliphatic heterocycles. The first kappa shape index (κ1) is 21.6. The zero-order valence-electron chi connectivity index (χ0n) is 17.1. The maximum absolute atomic E-state index is 13.0. The Bertz CT molecular complexity index is 852. The summed E-state index contributed by atoms with van der Waals surface area (Å²) in [6.45, 7) is 4.69. The zero-order valence-corrected chi connectivity index (χ0v) is 17.1. The van der Waals surface area contributed by atoms with Crippen molar-refractivity contribution < 1.29 is 18.7 Å². The summed E-state index contributed by atoms with van der Waals surface area (Å²) in [6.07, 6.45) is 0. The molecule has 1 saturated heterocycles. The minimum Gasteiger partial charge on any atom is -0.497 e. The summed E-state index contributed by atoms with van der Waals surface area (Å²) in [4.78, 5) is 28.4. The lowest BCUT2D eigenvalue weighted by Crippen LogP contribution is -2.49. The Hall–Kier alpha value is -3.13. The molecule has 3 rings (SSSR count). The van der Waals surface area contributed by atoms with E-state index >= 15 is 0 Å². The van der Waals surface area contributed by atoms with Gasteiger partial charge < -0.3 is 20.3 Å². The lowest BCUT2D eigenvalue weighted by Gasteiger charge is -2.36. The Morgan fingerprint density at radius 3 is 2.40 bits per heavy atom. The quantitative estimate of drug-likeness (QED) is 0.670. The number of ether oxygens (including phenoxy) is 1. The number of hydrogen-bond donors (Lipinski definition) is 2. The van der Waals surface area contributed by atoms with Gasteiger partial charge >= 0.3 is 11.8 Å². The second-order valence-electron chi connectivity index (χ2n) is 7.10. The SMILES string of the molecule is COc1cccc(CNC(=O)C(=O)NCCN2CCN(c3ccc(F)cc3)CC2)c1. The standard InChI is InChI=1S/C22H27FN4O3/c1-30-20-4-2-3-17(15-20)16-25-22(29)21(28)24-9-10-26-11-13-27(14-12-26)19-7-5-18(23)6-8-19/h2-8,15H,9-14,16H2,1H3,(H,24,28)(H,25,29). The number of nitrogens with zero attached hydrogens (tertiary/aromatic N) is 2. The van der Waals surface area contributed by atoms with Gasteiger partial charge in [-0.25, -0.2) is 4.39 Å². The smallest absolute Gasteiger partial charge is 0.309 e. The number of hydrogen-bond acceptors (Lipinski definition) is 5. The second-order valence-corrected chi connectivity index (χ2v) is 7.10. The fourth-order valence-corrected chi connectivity index (χ4v) is 3.33. The van der Waals surface area contributed by atoms with E-state index in [4.69, 9.17) is 4.74 Å². The molecule has 0 atom stereocenters. The topological polar surface area (TPSA) is 73.9 Å². The molecule has 0 aliphatic carbocycles. The minimum atomic E-state index is -0.654. The molecule has 2 aromatic carbocycles. The van der Waals surface area contributed by atoms with Crippen LogP contribution >= 0.6 is 0 Å². The monoisotopic (exact) mass is 414 g/mol. The normalized spacial score (nSPS) is 14.3. The Kier molecular flexibility index (Phi) is 7.62. The van der Waals surface area contributed by atoms with E-state index < -0.39 is 11.8 Å². The maximum Gasteiger partial charge on any atom is 0.309 e. The van der Waals surface area contributed by atoms with Crippen LogP contribution in [-0.2, 0) is 16.1 Å². The summed E-state index contributed by atoms with van der Waals surface area (Å²) < 4.78 is 18.2. The van der Waals surface area contributed by atoms with Crippen molar-refractivity contribution in [1.29, 1.82) is 0 Å². The zero-order chi connectivity index (χ0) is 21.3. The second kappa shape index (κ2) is 10.6. The van der Waals surface area contributed by atoms with Crippen LogP contribution in [0.4, 0.5) is 10.1 Å². The van der Waals surface area contributed by atoms with Crippen molar-refractivity contribution in [2.45, 2.75) is 6.54 Å². The van der Waals surface area contributed by atoms with Gasteiger partial charge in [0, 0.05) is 51.5 Å². The van der Waals surface area contributed by atoms with E-state index in [9.17, 15) is 14.0 Å². The minimum absolute atomic E-state index is 0.236. The predicted molar refractivity (Wildman–Crippen MR) is 113 cm³/mol. The molecular weight excluding hydrogens is 387 g/mol. The van der Waals surface area contributed by atoms with Crippen molar-refractivity contribution in [3.05, 3.63) is 59.9 Å². The summed E-state index contributed by atoms with van der Waals surface area (Å²) in [7, 11) is 1.58. The Labute approximate surface area is 175 Å². The summed E-state index contributed by atoms with van der Waals surface area (Å²) in [5.74, 6) is -0.826. The molecule has 2 N–H and O–H groups in total. The van der Waals surface area contributed by atoms with E-state index in [1.807, 2.05) is 24.3 Å². The van der Waals surface area contributed by atoms with Crippen LogP contribution < -0.4 is 20.3 Å². The Morgan fingerprint density at radius 2 is 1.70 bits per heavy atom. The fraction of sp³-hybridized carbons (Fsp3) is 0.364. The van der Waals surface area contributed by atoms with Crippen LogP contribution in [0.3, 0.4) is 0 Å². The number of anilines is 1. The van der Waals surface area contributed by atoms with Crippen LogP contribution in [0.5, 0.6) is 5.75 Å². The van der Waals surface area contributed by atoms with Crippen LogP contribution in [0.25, 0.3) is 0 Å². The number of carbonyl (C=O) groups is 2. The van der Waals surface area contributed by atoms with Gasteiger partial charge in [-0.15, -0.1) is 0 Å². The fourth-order valence-electron chi connectivity index (χ4n) is 3.33. The van der Waals surface area contributed by atoms with Gasteiger partial charge in [-0.1, -0.05) is 12.1 Å². The van der Waals surface area contributed by atoms with Crippen LogP contribution in [-0.4, -0.2) is 63.1 Å². The number of halogens is 1. The molecule has 1 fully saturated rings. The molecule has 1 heterocycles. The highest BCUT2D eigenvalue weighted by Gasteiger charge is 2.18. The molecule has 7 nitrogen and oxygen atoms in total. The number of benzene rings is 2. The van der Waals surface area contributed by atoms with E-state index in [0.29, 0.717) is 18.8 Å². The molecule has 0 spiro atoms. The molecule has 2 amide bonds. The predicted octanol–water partition coefficient (Wildman–Crippen LogP) is 1.39. The van der Waals surface area contributed by atoms with Crippen molar-refractivity contribution in [2.24, 2.45) is 0 Å². The number of methoxy groups -OCH3 is 1. The number of carbonyl (C=O) groups excluding carboxylic acids is 2. The van der Waals surface area contributed by atoms with Gasteiger partial charge in [-0.3, -0.25) is 14.5 Å². The summed E-state index contributed by atoms with van der Waals surface area (Å²) in [5.41, 5.74) is 1.87. The highest BCUT2D eigenvalue weighted by Crippen LogP contribution is 2.16. The van der Waals surface area contributed by atoms with Gasteiger partial charge in [0.15, 0.2) is 0 Å². The highest BCUT2D eigenvalue weighted by atomic mass is 19.1. The van der Waals surface area contributed by atoms with Crippen LogP contribution in [0.15, 0.2) is 48.5 Å². The summed E-state index contributed by atoms with van der Waals surface area (Å²) >= 11 is 0. The van der Waals surface area contributed by atoms with Crippen molar-refractivity contribution in [2.75, 3.05) is 51.3 Å². The van der Waals surface area contributed by atoms with E-state index in [1.165, 1.54) is 12.1 Å². The third-order valence-corrected chi connectivity index (χ3v) is 5.07. The van der Waals surface area contributed by atoms with E-state index in [1.54, 1.807) is 19.2 Å². The van der Waals surface area contributed by atoms with Gasteiger partial charge in [0.2, 0.25) is 0 Å². The molecule has 0 saturated carbocycles. The average Bonchev–Trinajstić information content (AvgIpc) is 2.78. The molecular formula is C22H27FN4O3. The van der Waals surface area contributed by atoms with Gasteiger partial charge in [0.1, 0.15) is 11.6 Å². The third kappa shape index (κ3) is 6.18. The lowest BCUT2D eigenvalue weighted by molar-refractivity contribution is -0.139. The van der Waals surface area contributed by atoms with Gasteiger partial charge in [-0.05, 0) is 42.0 Å². The van der Waals surface area contributed by atoms with E-state index in [0.717, 1.165) is 37.4 Å².